The first-order chi connectivity index (χ1) is 10.9. The molecule has 0 atom stereocenters. The van der Waals surface area contributed by atoms with E-state index in [9.17, 15) is 0 Å². The van der Waals surface area contributed by atoms with E-state index >= 15 is 0 Å². The van der Waals surface area contributed by atoms with Crippen LogP contribution in [0.3, 0.4) is 0 Å². The van der Waals surface area contributed by atoms with Crippen LogP contribution in [0.2, 0.25) is 0 Å². The fourth-order valence-electron chi connectivity index (χ4n) is 2.95. The fraction of sp³-hybridized carbons (Fsp3) is 0.944. The minimum Gasteiger partial charge on any atom is -0.483 e. The van der Waals surface area contributed by atoms with Crippen LogP contribution in [0.5, 0.6) is 0 Å². The van der Waals surface area contributed by atoms with Gasteiger partial charge >= 0.3 is 0 Å². The van der Waals surface area contributed by atoms with E-state index in [2.05, 4.69) is 33.0 Å². The highest BCUT2D eigenvalue weighted by atomic mass is 17.3. The Balaban J connectivity index is 0.00000178. The van der Waals surface area contributed by atoms with Gasteiger partial charge < -0.3 is 10.4 Å². The maximum Gasteiger partial charge on any atom is 0.290 e. The van der Waals surface area contributed by atoms with Gasteiger partial charge in [-0.25, -0.2) is 9.78 Å². The SMILES string of the molecule is CC1(C)CC(OOC(C)(C)C)(OOC(C)(C)C)CC(C)(C)N1.O=CO. The van der Waals surface area contributed by atoms with Gasteiger partial charge in [-0.3, -0.25) is 4.79 Å². The Hall–Kier alpha value is -0.730. The Morgan fingerprint density at radius 3 is 1.36 bits per heavy atom. The van der Waals surface area contributed by atoms with E-state index in [1.807, 2.05) is 41.5 Å². The van der Waals surface area contributed by atoms with Gasteiger partial charge in [-0.05, 0) is 69.2 Å². The van der Waals surface area contributed by atoms with Gasteiger partial charge in [0.2, 0.25) is 5.79 Å². The van der Waals surface area contributed by atoms with Crippen LogP contribution >= 0.6 is 0 Å². The van der Waals surface area contributed by atoms with E-state index in [4.69, 9.17) is 29.5 Å². The molecule has 1 rings (SSSR count). The van der Waals surface area contributed by atoms with Crippen LogP contribution < -0.4 is 5.32 Å². The topological polar surface area (TPSA) is 86.3 Å². The molecule has 25 heavy (non-hydrogen) atoms. The zero-order chi connectivity index (χ0) is 20.2. The number of hydrogen-bond donors (Lipinski definition) is 2. The van der Waals surface area contributed by atoms with Crippen molar-refractivity contribution in [3.05, 3.63) is 0 Å². The summed E-state index contributed by atoms with van der Waals surface area (Å²) < 4.78 is 0. The van der Waals surface area contributed by atoms with E-state index in [-0.39, 0.29) is 17.6 Å². The molecule has 150 valence electrons. The lowest BCUT2D eigenvalue weighted by molar-refractivity contribution is -0.550. The van der Waals surface area contributed by atoms with E-state index in [1.54, 1.807) is 0 Å². The van der Waals surface area contributed by atoms with E-state index in [1.165, 1.54) is 0 Å². The minimum atomic E-state index is -0.946. The molecule has 1 aliphatic rings. The third-order valence-electron chi connectivity index (χ3n) is 2.99. The third kappa shape index (κ3) is 10.8. The van der Waals surface area contributed by atoms with Crippen LogP contribution in [0.15, 0.2) is 0 Å². The molecule has 1 fully saturated rings. The Labute approximate surface area is 152 Å². The van der Waals surface area contributed by atoms with Crippen molar-refractivity contribution in [2.24, 2.45) is 0 Å². The molecule has 0 aromatic rings. The Bertz CT molecular complexity index is 384. The van der Waals surface area contributed by atoms with Crippen molar-refractivity contribution in [2.45, 2.75) is 110 Å². The number of hydrogen-bond acceptors (Lipinski definition) is 6. The summed E-state index contributed by atoms with van der Waals surface area (Å²) in [6, 6.07) is 0. The zero-order valence-electron chi connectivity index (χ0n) is 17.5. The fourth-order valence-corrected chi connectivity index (χ4v) is 2.95. The highest BCUT2D eigenvalue weighted by Gasteiger charge is 2.52. The van der Waals surface area contributed by atoms with Crippen molar-refractivity contribution in [2.75, 3.05) is 0 Å². The molecule has 7 heteroatoms. The van der Waals surface area contributed by atoms with E-state index in [0.29, 0.717) is 12.8 Å². The second-order valence-electron chi connectivity index (χ2n) is 9.82. The Kier molecular flexibility index (Phi) is 8.07. The summed E-state index contributed by atoms with van der Waals surface area (Å²) in [6.45, 7) is 19.9. The van der Waals surface area contributed by atoms with Crippen LogP contribution in [0, 0.1) is 0 Å². The van der Waals surface area contributed by atoms with Gasteiger partial charge in [-0.1, -0.05) is 0 Å². The molecular formula is C18H37NO6. The van der Waals surface area contributed by atoms with Crippen molar-refractivity contribution in [1.29, 1.82) is 0 Å². The van der Waals surface area contributed by atoms with Gasteiger partial charge in [0.25, 0.3) is 6.47 Å². The largest absolute Gasteiger partial charge is 0.483 e. The maximum absolute atomic E-state index is 8.36. The summed E-state index contributed by atoms with van der Waals surface area (Å²) in [7, 11) is 0. The van der Waals surface area contributed by atoms with Gasteiger partial charge in [0.05, 0.1) is 11.2 Å². The van der Waals surface area contributed by atoms with Crippen LogP contribution in [0.4, 0.5) is 0 Å². The van der Waals surface area contributed by atoms with Gasteiger partial charge in [0, 0.05) is 23.9 Å². The number of carboxylic acid groups (broad SMARTS) is 1. The highest BCUT2D eigenvalue weighted by molar-refractivity contribution is 5.32. The predicted octanol–water partition coefficient (Wildman–Crippen LogP) is 3.82. The van der Waals surface area contributed by atoms with Crippen LogP contribution in [0.25, 0.3) is 0 Å². The predicted molar refractivity (Wildman–Crippen MR) is 95.8 cm³/mol. The van der Waals surface area contributed by atoms with Gasteiger partial charge in [-0.2, -0.15) is 9.78 Å². The molecule has 2 N–H and O–H groups in total. The summed E-state index contributed by atoms with van der Waals surface area (Å²) in [5, 5.41) is 10.5. The highest BCUT2D eigenvalue weighted by Crippen LogP contribution is 2.41. The molecule has 0 radical (unpaired) electrons. The molecule has 0 bridgehead atoms. The monoisotopic (exact) mass is 363 g/mol. The van der Waals surface area contributed by atoms with Crippen LogP contribution in [0.1, 0.15) is 82.1 Å². The molecule has 0 aromatic carbocycles. The molecule has 1 aliphatic heterocycles. The van der Waals surface area contributed by atoms with Crippen LogP contribution in [-0.2, 0) is 24.3 Å². The van der Waals surface area contributed by atoms with E-state index < -0.39 is 17.0 Å². The average molecular weight is 363 g/mol. The lowest BCUT2D eigenvalue weighted by Crippen LogP contribution is -2.65. The molecule has 1 heterocycles. The second-order valence-corrected chi connectivity index (χ2v) is 9.82. The van der Waals surface area contributed by atoms with Crippen molar-refractivity contribution < 1.29 is 29.5 Å². The summed E-state index contributed by atoms with van der Waals surface area (Å²) in [5.41, 5.74) is -1.16. The number of rotatable bonds is 4. The molecule has 0 unspecified atom stereocenters. The van der Waals surface area contributed by atoms with Crippen molar-refractivity contribution in [3.8, 4) is 0 Å². The van der Waals surface area contributed by atoms with Crippen LogP contribution in [-0.4, -0.2) is 39.6 Å². The number of piperidine rings is 1. The van der Waals surface area contributed by atoms with Crippen molar-refractivity contribution in [1.82, 2.24) is 5.32 Å². The smallest absolute Gasteiger partial charge is 0.290 e. The van der Waals surface area contributed by atoms with Gasteiger partial charge in [0.15, 0.2) is 0 Å². The molecule has 0 aromatic heterocycles. The lowest BCUT2D eigenvalue weighted by Gasteiger charge is -2.51. The number of carbonyl (C=O) groups is 1. The van der Waals surface area contributed by atoms with E-state index in [0.717, 1.165) is 0 Å². The summed E-state index contributed by atoms with van der Waals surface area (Å²) in [4.78, 5) is 31.2. The first-order valence-corrected chi connectivity index (χ1v) is 8.56. The Morgan fingerprint density at radius 1 is 0.840 bits per heavy atom. The second kappa shape index (κ2) is 8.31. The molecule has 0 spiro atoms. The first kappa shape index (κ1) is 24.3. The summed E-state index contributed by atoms with van der Waals surface area (Å²) in [5.74, 6) is -0.946. The molecule has 7 nitrogen and oxygen atoms in total. The first-order valence-electron chi connectivity index (χ1n) is 8.56. The summed E-state index contributed by atoms with van der Waals surface area (Å²) >= 11 is 0. The quantitative estimate of drug-likeness (QED) is 0.340. The van der Waals surface area contributed by atoms with Crippen molar-refractivity contribution in [3.63, 3.8) is 0 Å². The molecule has 0 saturated carbocycles. The molecule has 1 saturated heterocycles. The molecule has 0 aliphatic carbocycles. The van der Waals surface area contributed by atoms with Gasteiger partial charge in [0.1, 0.15) is 0 Å². The van der Waals surface area contributed by atoms with Gasteiger partial charge in [-0.15, -0.1) is 0 Å². The maximum atomic E-state index is 8.36. The van der Waals surface area contributed by atoms with Crippen molar-refractivity contribution >= 4 is 6.47 Å². The molecular weight excluding hydrogens is 326 g/mol. The zero-order valence-corrected chi connectivity index (χ0v) is 17.5. The lowest BCUT2D eigenvalue weighted by atomic mass is 9.79. The number of nitrogens with one attached hydrogen (secondary N) is 1. The third-order valence-corrected chi connectivity index (χ3v) is 2.99. The average Bonchev–Trinajstić information content (AvgIpc) is 2.30. The summed E-state index contributed by atoms with van der Waals surface area (Å²) in [6.07, 6.45) is 1.24. The Morgan fingerprint density at radius 2 is 1.12 bits per heavy atom. The standard InChI is InChI=1S/C17H35NO4.CH2O2/c1-13(2,3)19-21-17(22-20-14(4,5)6)11-15(7,8)18-16(9,10)12-17;2-1-3/h18H,11-12H2,1-10H3;1H,(H,2,3). The normalized spacial score (nSPS) is 21.8. The minimum absolute atomic E-state index is 0.162. The molecule has 0 amide bonds.